The van der Waals surface area contributed by atoms with Crippen LogP contribution in [-0.2, 0) is 11.2 Å². The minimum atomic E-state index is -0.0701. The van der Waals surface area contributed by atoms with Crippen LogP contribution in [0.4, 0.5) is 5.69 Å². The number of Topliss-reactive ketones (excluding diaryl/α,β-unsaturated/α-hetero) is 1. The number of amides is 1. The van der Waals surface area contributed by atoms with E-state index in [1.165, 1.54) is 6.92 Å². The van der Waals surface area contributed by atoms with Crippen LogP contribution >= 0.6 is 0 Å². The van der Waals surface area contributed by atoms with Crippen molar-refractivity contribution in [2.75, 3.05) is 19.1 Å². The van der Waals surface area contributed by atoms with E-state index in [1.807, 2.05) is 42.5 Å². The summed E-state index contributed by atoms with van der Waals surface area (Å²) in [5.41, 5.74) is 2.11. The Kier molecular flexibility index (Phi) is 5.03. The summed E-state index contributed by atoms with van der Waals surface area (Å²) in [6, 6.07) is 19.1. The number of hydrogen-bond acceptors (Lipinski definition) is 3. The minimum Gasteiger partial charge on any atom is -0.496 e. The first-order valence-corrected chi connectivity index (χ1v) is 8.43. The van der Waals surface area contributed by atoms with Gasteiger partial charge in [-0.1, -0.05) is 30.3 Å². The highest BCUT2D eigenvalue weighted by molar-refractivity contribution is 5.98. The van der Waals surface area contributed by atoms with Gasteiger partial charge < -0.3 is 9.64 Å². The molecule has 4 heteroatoms. The van der Waals surface area contributed by atoms with Crippen LogP contribution < -0.4 is 9.64 Å². The van der Waals surface area contributed by atoms with E-state index in [4.69, 9.17) is 4.74 Å². The molecule has 3 rings (SSSR count). The van der Waals surface area contributed by atoms with Crippen LogP contribution in [0.3, 0.4) is 0 Å². The SMILES string of the molecule is COc1ccc(C(C)=O)cc1CC(=O)N(C)c1ccc2ccccc2c1. The smallest absolute Gasteiger partial charge is 0.231 e. The van der Waals surface area contributed by atoms with Gasteiger partial charge in [0.25, 0.3) is 0 Å². The molecule has 3 aromatic rings. The van der Waals surface area contributed by atoms with E-state index < -0.39 is 0 Å². The highest BCUT2D eigenvalue weighted by Crippen LogP contribution is 2.24. The first kappa shape index (κ1) is 17.7. The van der Waals surface area contributed by atoms with Gasteiger partial charge in [-0.25, -0.2) is 0 Å². The van der Waals surface area contributed by atoms with Crippen LogP contribution in [0, 0.1) is 0 Å². The van der Waals surface area contributed by atoms with Crippen molar-refractivity contribution in [1.82, 2.24) is 0 Å². The predicted molar refractivity (Wildman–Crippen MR) is 104 cm³/mol. The number of carbonyl (C=O) groups excluding carboxylic acids is 2. The largest absolute Gasteiger partial charge is 0.496 e. The monoisotopic (exact) mass is 347 g/mol. The maximum atomic E-state index is 12.8. The number of ether oxygens (including phenoxy) is 1. The van der Waals surface area contributed by atoms with Crippen molar-refractivity contribution in [3.63, 3.8) is 0 Å². The third-order valence-electron chi connectivity index (χ3n) is 4.52. The zero-order valence-electron chi connectivity index (χ0n) is 15.2. The molecule has 0 saturated carbocycles. The molecule has 0 heterocycles. The zero-order chi connectivity index (χ0) is 18.7. The summed E-state index contributed by atoms with van der Waals surface area (Å²) in [6.45, 7) is 1.51. The number of likely N-dealkylation sites (N-methyl/N-ethyl adjacent to an activating group) is 1. The lowest BCUT2D eigenvalue weighted by Gasteiger charge is -2.19. The number of benzene rings is 3. The number of carbonyl (C=O) groups is 2. The maximum Gasteiger partial charge on any atom is 0.231 e. The van der Waals surface area contributed by atoms with Crippen molar-refractivity contribution >= 4 is 28.2 Å². The van der Waals surface area contributed by atoms with Crippen molar-refractivity contribution < 1.29 is 14.3 Å². The first-order valence-electron chi connectivity index (χ1n) is 8.43. The van der Waals surface area contributed by atoms with Crippen molar-refractivity contribution in [2.24, 2.45) is 0 Å². The molecule has 4 nitrogen and oxygen atoms in total. The summed E-state index contributed by atoms with van der Waals surface area (Å²) < 4.78 is 5.34. The fraction of sp³-hybridized carbons (Fsp3) is 0.182. The third-order valence-corrected chi connectivity index (χ3v) is 4.52. The lowest BCUT2D eigenvalue weighted by atomic mass is 10.0. The van der Waals surface area contributed by atoms with Crippen LogP contribution in [-0.4, -0.2) is 25.8 Å². The van der Waals surface area contributed by atoms with Gasteiger partial charge in [-0.2, -0.15) is 0 Å². The van der Waals surface area contributed by atoms with Gasteiger partial charge in [-0.15, -0.1) is 0 Å². The van der Waals surface area contributed by atoms with Gasteiger partial charge in [0.2, 0.25) is 5.91 Å². The van der Waals surface area contributed by atoms with E-state index in [9.17, 15) is 9.59 Å². The summed E-state index contributed by atoms with van der Waals surface area (Å²) in [5.74, 6) is 0.499. The second kappa shape index (κ2) is 7.40. The van der Waals surface area contributed by atoms with E-state index in [2.05, 4.69) is 0 Å². The Hall–Kier alpha value is -3.14. The van der Waals surface area contributed by atoms with Gasteiger partial charge >= 0.3 is 0 Å². The maximum absolute atomic E-state index is 12.8. The Labute approximate surface area is 153 Å². The van der Waals surface area contributed by atoms with Crippen LogP contribution in [0.15, 0.2) is 60.7 Å². The molecule has 0 aliphatic carbocycles. The standard InChI is InChI=1S/C22H21NO3/c1-15(24)17-9-11-21(26-3)19(12-17)14-22(25)23(2)20-10-8-16-6-4-5-7-18(16)13-20/h4-13H,14H2,1-3H3. The molecule has 3 aromatic carbocycles. The van der Waals surface area contributed by atoms with Crippen LogP contribution in [0.2, 0.25) is 0 Å². The van der Waals surface area contributed by atoms with Crippen molar-refractivity contribution in [3.8, 4) is 5.75 Å². The molecule has 0 unspecified atom stereocenters. The van der Waals surface area contributed by atoms with Gasteiger partial charge in [-0.3, -0.25) is 9.59 Å². The molecule has 0 saturated heterocycles. The molecule has 0 bridgehead atoms. The molecular formula is C22H21NO3. The molecule has 0 aliphatic heterocycles. The van der Waals surface area contributed by atoms with E-state index in [0.717, 1.165) is 16.5 Å². The predicted octanol–water partition coefficient (Wildman–Crippen LogP) is 4.26. The highest BCUT2D eigenvalue weighted by atomic mass is 16.5. The Morgan fingerprint density at radius 1 is 0.962 bits per heavy atom. The molecule has 0 spiro atoms. The fourth-order valence-electron chi connectivity index (χ4n) is 2.95. The van der Waals surface area contributed by atoms with Crippen molar-refractivity contribution in [1.29, 1.82) is 0 Å². The topological polar surface area (TPSA) is 46.6 Å². The number of methoxy groups -OCH3 is 1. The summed E-state index contributed by atoms with van der Waals surface area (Å²) in [7, 11) is 3.32. The van der Waals surface area contributed by atoms with Gasteiger partial charge in [-0.05, 0) is 48.0 Å². The van der Waals surface area contributed by atoms with E-state index >= 15 is 0 Å². The normalized spacial score (nSPS) is 10.6. The quantitative estimate of drug-likeness (QED) is 0.648. The lowest BCUT2D eigenvalue weighted by Crippen LogP contribution is -2.28. The average molecular weight is 347 g/mol. The van der Waals surface area contributed by atoms with E-state index in [-0.39, 0.29) is 18.1 Å². The number of nitrogens with zero attached hydrogens (tertiary/aromatic N) is 1. The number of ketones is 1. The molecule has 132 valence electrons. The Morgan fingerprint density at radius 2 is 1.69 bits per heavy atom. The molecule has 0 aromatic heterocycles. The molecule has 26 heavy (non-hydrogen) atoms. The zero-order valence-corrected chi connectivity index (χ0v) is 15.2. The molecule has 0 fully saturated rings. The van der Waals surface area contributed by atoms with Crippen LogP contribution in [0.5, 0.6) is 5.75 Å². The summed E-state index contributed by atoms with van der Waals surface area (Å²) in [4.78, 5) is 26.0. The summed E-state index contributed by atoms with van der Waals surface area (Å²) in [6.07, 6.45) is 0.160. The van der Waals surface area contributed by atoms with Crippen LogP contribution in [0.1, 0.15) is 22.8 Å². The van der Waals surface area contributed by atoms with E-state index in [1.54, 1.807) is 37.3 Å². The Balaban J connectivity index is 1.86. The Morgan fingerprint density at radius 3 is 2.38 bits per heavy atom. The van der Waals surface area contributed by atoms with Gasteiger partial charge in [0.15, 0.2) is 5.78 Å². The van der Waals surface area contributed by atoms with Gasteiger partial charge in [0.05, 0.1) is 13.5 Å². The molecule has 1 amide bonds. The molecule has 0 radical (unpaired) electrons. The molecular weight excluding hydrogens is 326 g/mol. The number of hydrogen-bond donors (Lipinski definition) is 0. The minimum absolute atomic E-state index is 0.0377. The van der Waals surface area contributed by atoms with Gasteiger partial charge in [0.1, 0.15) is 5.75 Å². The second-order valence-electron chi connectivity index (χ2n) is 6.24. The molecule has 0 atom stereocenters. The summed E-state index contributed by atoms with van der Waals surface area (Å²) in [5, 5.41) is 2.22. The number of rotatable bonds is 5. The van der Waals surface area contributed by atoms with E-state index in [0.29, 0.717) is 16.9 Å². The second-order valence-corrected chi connectivity index (χ2v) is 6.24. The highest BCUT2D eigenvalue weighted by Gasteiger charge is 2.16. The van der Waals surface area contributed by atoms with Crippen molar-refractivity contribution in [3.05, 3.63) is 71.8 Å². The number of fused-ring (bicyclic) bond motifs is 1. The fourth-order valence-corrected chi connectivity index (χ4v) is 2.95. The average Bonchev–Trinajstić information content (AvgIpc) is 2.66. The third kappa shape index (κ3) is 3.59. The molecule has 0 N–H and O–H groups in total. The lowest BCUT2D eigenvalue weighted by molar-refractivity contribution is -0.117. The van der Waals surface area contributed by atoms with Gasteiger partial charge in [0, 0.05) is 23.9 Å². The van der Waals surface area contributed by atoms with Crippen LogP contribution in [0.25, 0.3) is 10.8 Å². The summed E-state index contributed by atoms with van der Waals surface area (Å²) >= 11 is 0. The van der Waals surface area contributed by atoms with Crippen molar-refractivity contribution in [2.45, 2.75) is 13.3 Å². The number of anilines is 1. The molecule has 0 aliphatic rings. The first-order chi connectivity index (χ1) is 12.5. The Bertz CT molecular complexity index is 978.